The Kier molecular flexibility index (Phi) is 4.64. The molecule has 0 aliphatic carbocycles. The average molecular weight is 265 g/mol. The van der Waals surface area contributed by atoms with Gasteiger partial charge in [0.2, 0.25) is 5.76 Å². The number of carboxylic acids is 1. The Labute approximate surface area is 114 Å². The molecule has 1 atom stereocenters. The van der Waals surface area contributed by atoms with Gasteiger partial charge in [-0.3, -0.25) is 4.90 Å². The summed E-state index contributed by atoms with van der Waals surface area (Å²) in [5.41, 5.74) is 0. The van der Waals surface area contributed by atoms with E-state index in [1.54, 1.807) is 6.07 Å². The van der Waals surface area contributed by atoms with Crippen molar-refractivity contribution in [2.75, 3.05) is 13.1 Å². The van der Waals surface area contributed by atoms with Crippen LogP contribution in [0, 0.1) is 5.92 Å². The Hall–Kier alpha value is -1.29. The van der Waals surface area contributed by atoms with Crippen LogP contribution in [-0.4, -0.2) is 29.1 Å². The van der Waals surface area contributed by atoms with Crippen LogP contribution in [0.3, 0.4) is 0 Å². The number of furan rings is 1. The van der Waals surface area contributed by atoms with Crippen LogP contribution >= 0.6 is 0 Å². The summed E-state index contributed by atoms with van der Waals surface area (Å²) in [6.07, 6.45) is 5.07. The van der Waals surface area contributed by atoms with Gasteiger partial charge in [-0.15, -0.1) is 0 Å². The summed E-state index contributed by atoms with van der Waals surface area (Å²) in [5, 5.41) is 8.88. The number of hydrogen-bond acceptors (Lipinski definition) is 3. The summed E-state index contributed by atoms with van der Waals surface area (Å²) in [5.74, 6) is 0.647. The van der Waals surface area contributed by atoms with Crippen molar-refractivity contribution >= 4 is 5.97 Å². The van der Waals surface area contributed by atoms with Crippen molar-refractivity contribution in [1.82, 2.24) is 4.90 Å². The van der Waals surface area contributed by atoms with E-state index >= 15 is 0 Å². The van der Waals surface area contributed by atoms with E-state index < -0.39 is 5.97 Å². The fraction of sp³-hybridized carbons (Fsp3) is 0.667. The Bertz CT molecular complexity index is 419. The van der Waals surface area contributed by atoms with Crippen molar-refractivity contribution in [1.29, 1.82) is 0 Å². The van der Waals surface area contributed by atoms with Gasteiger partial charge in [0, 0.05) is 0 Å². The molecule has 1 aliphatic rings. The van der Waals surface area contributed by atoms with E-state index in [1.165, 1.54) is 31.7 Å². The summed E-state index contributed by atoms with van der Waals surface area (Å²) >= 11 is 0. The summed E-state index contributed by atoms with van der Waals surface area (Å²) in [6, 6.07) is 3.49. The lowest BCUT2D eigenvalue weighted by molar-refractivity contribution is 0.0652. The maximum absolute atomic E-state index is 10.8. The Morgan fingerprint density at radius 3 is 2.68 bits per heavy atom. The molecule has 2 heterocycles. The van der Waals surface area contributed by atoms with Crippen molar-refractivity contribution in [3.8, 4) is 0 Å². The summed E-state index contributed by atoms with van der Waals surface area (Å²) in [4.78, 5) is 13.2. The molecule has 0 saturated carbocycles. The van der Waals surface area contributed by atoms with Crippen LogP contribution in [0.25, 0.3) is 0 Å². The molecule has 1 N–H and O–H groups in total. The highest BCUT2D eigenvalue weighted by Crippen LogP contribution is 2.29. The van der Waals surface area contributed by atoms with E-state index in [9.17, 15) is 4.79 Å². The van der Waals surface area contributed by atoms with Crippen LogP contribution in [0.1, 0.15) is 61.9 Å². The van der Waals surface area contributed by atoms with E-state index in [0.717, 1.165) is 24.8 Å². The van der Waals surface area contributed by atoms with Crippen LogP contribution in [0.4, 0.5) is 0 Å². The fourth-order valence-corrected chi connectivity index (χ4v) is 2.91. The van der Waals surface area contributed by atoms with E-state index in [2.05, 4.69) is 18.7 Å². The third-order valence-electron chi connectivity index (χ3n) is 4.14. The topological polar surface area (TPSA) is 53.7 Å². The van der Waals surface area contributed by atoms with Gasteiger partial charge < -0.3 is 9.52 Å². The number of likely N-dealkylation sites (tertiary alicyclic amines) is 1. The molecule has 0 spiro atoms. The Morgan fingerprint density at radius 1 is 1.47 bits per heavy atom. The standard InChI is InChI=1S/C15H23NO3/c1-3-4-12-7-9-16(10-8-12)11(2)13-5-6-14(19-13)15(17)18/h5-6,11-12H,3-4,7-10H2,1-2H3,(H,17,18). The van der Waals surface area contributed by atoms with Crippen LogP contribution in [0.5, 0.6) is 0 Å². The third kappa shape index (κ3) is 3.38. The van der Waals surface area contributed by atoms with Crippen molar-refractivity contribution in [3.05, 3.63) is 23.7 Å². The summed E-state index contributed by atoms with van der Waals surface area (Å²) < 4.78 is 5.39. The molecule has 4 heteroatoms. The number of carboxylic acid groups (broad SMARTS) is 1. The molecule has 1 unspecified atom stereocenters. The number of nitrogens with zero attached hydrogens (tertiary/aromatic N) is 1. The van der Waals surface area contributed by atoms with Crippen molar-refractivity contribution in [2.24, 2.45) is 5.92 Å². The monoisotopic (exact) mass is 265 g/mol. The molecule has 106 valence electrons. The Morgan fingerprint density at radius 2 is 2.16 bits per heavy atom. The number of piperidine rings is 1. The van der Waals surface area contributed by atoms with Crippen molar-refractivity contribution in [3.63, 3.8) is 0 Å². The molecular weight excluding hydrogens is 242 g/mol. The van der Waals surface area contributed by atoms with E-state index in [1.807, 2.05) is 0 Å². The molecule has 1 aromatic heterocycles. The highest BCUT2D eigenvalue weighted by molar-refractivity contribution is 5.84. The SMILES string of the molecule is CCCC1CCN(C(C)c2ccc(C(=O)O)o2)CC1. The largest absolute Gasteiger partial charge is 0.475 e. The van der Waals surface area contributed by atoms with Crippen molar-refractivity contribution in [2.45, 2.75) is 45.6 Å². The quantitative estimate of drug-likeness (QED) is 0.884. The smallest absolute Gasteiger partial charge is 0.371 e. The first kappa shape index (κ1) is 14.1. The lowest BCUT2D eigenvalue weighted by Crippen LogP contribution is -2.35. The second-order valence-corrected chi connectivity index (χ2v) is 5.45. The highest BCUT2D eigenvalue weighted by atomic mass is 16.4. The van der Waals surface area contributed by atoms with Gasteiger partial charge in [-0.25, -0.2) is 4.79 Å². The maximum atomic E-state index is 10.8. The second kappa shape index (κ2) is 6.24. The van der Waals surface area contributed by atoms with Crippen LogP contribution in [0.2, 0.25) is 0 Å². The third-order valence-corrected chi connectivity index (χ3v) is 4.14. The number of carbonyl (C=O) groups is 1. The van der Waals surface area contributed by atoms with Crippen LogP contribution in [-0.2, 0) is 0 Å². The molecule has 1 saturated heterocycles. The van der Waals surface area contributed by atoms with Crippen LogP contribution < -0.4 is 0 Å². The molecule has 0 bridgehead atoms. The molecule has 0 aromatic carbocycles. The zero-order chi connectivity index (χ0) is 13.8. The van der Waals surface area contributed by atoms with Crippen LogP contribution in [0.15, 0.2) is 16.5 Å². The molecule has 1 aliphatic heterocycles. The molecule has 19 heavy (non-hydrogen) atoms. The molecule has 1 fully saturated rings. The predicted molar refractivity (Wildman–Crippen MR) is 73.3 cm³/mol. The molecule has 2 rings (SSSR count). The minimum atomic E-state index is -1.000. The van der Waals surface area contributed by atoms with E-state index in [-0.39, 0.29) is 11.8 Å². The first-order chi connectivity index (χ1) is 9.11. The Balaban J connectivity index is 1.93. The molecule has 0 amide bonds. The molecule has 4 nitrogen and oxygen atoms in total. The first-order valence-electron chi connectivity index (χ1n) is 7.19. The number of hydrogen-bond donors (Lipinski definition) is 1. The normalized spacial score (nSPS) is 19.5. The minimum Gasteiger partial charge on any atom is -0.475 e. The molecule has 0 radical (unpaired) electrons. The maximum Gasteiger partial charge on any atom is 0.371 e. The van der Waals surface area contributed by atoms with E-state index in [0.29, 0.717) is 0 Å². The predicted octanol–water partition coefficient (Wildman–Crippen LogP) is 3.55. The zero-order valence-corrected chi connectivity index (χ0v) is 11.8. The van der Waals surface area contributed by atoms with Gasteiger partial charge in [0.25, 0.3) is 0 Å². The lowest BCUT2D eigenvalue weighted by Gasteiger charge is -2.35. The van der Waals surface area contributed by atoms with Gasteiger partial charge in [0.15, 0.2) is 0 Å². The lowest BCUT2D eigenvalue weighted by atomic mass is 9.92. The first-order valence-corrected chi connectivity index (χ1v) is 7.19. The second-order valence-electron chi connectivity index (χ2n) is 5.45. The molecular formula is C15H23NO3. The van der Waals surface area contributed by atoms with Gasteiger partial charge >= 0.3 is 5.97 Å². The van der Waals surface area contributed by atoms with Gasteiger partial charge in [0.1, 0.15) is 5.76 Å². The van der Waals surface area contributed by atoms with Gasteiger partial charge in [-0.1, -0.05) is 19.8 Å². The molecule has 1 aromatic rings. The average Bonchev–Trinajstić information content (AvgIpc) is 2.89. The highest BCUT2D eigenvalue weighted by Gasteiger charge is 2.25. The minimum absolute atomic E-state index is 0.0303. The summed E-state index contributed by atoms with van der Waals surface area (Å²) in [6.45, 7) is 6.49. The van der Waals surface area contributed by atoms with E-state index in [4.69, 9.17) is 9.52 Å². The van der Waals surface area contributed by atoms with Gasteiger partial charge in [-0.2, -0.15) is 0 Å². The van der Waals surface area contributed by atoms with Crippen molar-refractivity contribution < 1.29 is 14.3 Å². The summed E-state index contributed by atoms with van der Waals surface area (Å²) in [7, 11) is 0. The van der Waals surface area contributed by atoms with Gasteiger partial charge in [-0.05, 0) is 50.9 Å². The number of aromatic carboxylic acids is 1. The fourth-order valence-electron chi connectivity index (χ4n) is 2.91. The van der Waals surface area contributed by atoms with Gasteiger partial charge in [0.05, 0.1) is 6.04 Å². The number of rotatable bonds is 5. The zero-order valence-electron chi connectivity index (χ0n) is 11.8.